The predicted molar refractivity (Wildman–Crippen MR) is 79.9 cm³/mol. The van der Waals surface area contributed by atoms with Gasteiger partial charge in [0.2, 0.25) is 0 Å². The second-order valence-electron chi connectivity index (χ2n) is 3.66. The maximum atomic E-state index is 11.6. The van der Waals surface area contributed by atoms with Crippen molar-refractivity contribution in [2.24, 2.45) is 0 Å². The van der Waals surface area contributed by atoms with Crippen molar-refractivity contribution in [1.82, 2.24) is 4.98 Å². The lowest BCUT2D eigenvalue weighted by Gasteiger charge is -2.07. The number of amides is 1. The summed E-state index contributed by atoms with van der Waals surface area (Å²) in [6, 6.07) is 12.7. The molecule has 0 saturated heterocycles. The van der Waals surface area contributed by atoms with Crippen LogP contribution in [0.1, 0.15) is 5.69 Å². The first-order chi connectivity index (χ1) is 9.13. The Bertz CT molecular complexity index is 573. The van der Waals surface area contributed by atoms with E-state index in [9.17, 15) is 4.79 Å². The molecule has 0 radical (unpaired) electrons. The van der Waals surface area contributed by atoms with Gasteiger partial charge in [0.1, 0.15) is 11.2 Å². The van der Waals surface area contributed by atoms with Gasteiger partial charge in [0.15, 0.2) is 0 Å². The minimum absolute atomic E-state index is 0.127. The molecule has 2 aromatic rings. The summed E-state index contributed by atoms with van der Waals surface area (Å²) in [6.45, 7) is 0.127. The molecular weight excluding hydrogens is 376 g/mol. The molecule has 0 atom stereocenters. The molecule has 0 spiro atoms. The zero-order valence-corrected chi connectivity index (χ0v) is 12.9. The third-order valence-corrected chi connectivity index (χ3v) is 3.18. The van der Waals surface area contributed by atoms with E-state index in [1.54, 1.807) is 18.2 Å². The average molecular weight is 386 g/mol. The van der Waals surface area contributed by atoms with Crippen molar-refractivity contribution in [3.8, 4) is 0 Å². The molecule has 1 heterocycles. The number of carbonyl (C=O) groups excluding carboxylic acids is 1. The summed E-state index contributed by atoms with van der Waals surface area (Å²) in [5.74, 6) is 0. The molecule has 98 valence electrons. The van der Waals surface area contributed by atoms with Crippen LogP contribution in [0.25, 0.3) is 0 Å². The Balaban J connectivity index is 1.86. The van der Waals surface area contributed by atoms with E-state index < -0.39 is 6.09 Å². The summed E-state index contributed by atoms with van der Waals surface area (Å²) < 4.78 is 6.73. The lowest BCUT2D eigenvalue weighted by molar-refractivity contribution is 0.153. The second-order valence-corrected chi connectivity index (χ2v) is 5.39. The molecule has 0 aliphatic rings. The van der Waals surface area contributed by atoms with Gasteiger partial charge in [-0.15, -0.1) is 0 Å². The number of carbonyl (C=O) groups is 1. The minimum Gasteiger partial charge on any atom is -0.443 e. The van der Waals surface area contributed by atoms with E-state index in [0.717, 1.165) is 4.47 Å². The number of ether oxygens (including phenoxy) is 1. The summed E-state index contributed by atoms with van der Waals surface area (Å²) >= 11 is 6.58. The molecule has 0 unspecified atom stereocenters. The molecule has 1 aromatic carbocycles. The van der Waals surface area contributed by atoms with E-state index in [1.807, 2.05) is 24.3 Å². The van der Waals surface area contributed by atoms with Crippen LogP contribution < -0.4 is 5.32 Å². The van der Waals surface area contributed by atoms with Gasteiger partial charge in [-0.1, -0.05) is 22.0 Å². The number of hydrogen-bond donors (Lipinski definition) is 1. The Hall–Kier alpha value is -1.40. The number of rotatable bonds is 3. The van der Waals surface area contributed by atoms with Gasteiger partial charge >= 0.3 is 6.09 Å². The predicted octanol–water partition coefficient (Wildman–Crippen LogP) is 4.36. The first kappa shape index (κ1) is 14.0. The molecule has 0 fully saturated rings. The first-order valence-corrected chi connectivity index (χ1v) is 7.03. The van der Waals surface area contributed by atoms with Gasteiger partial charge in [0.05, 0.1) is 5.69 Å². The van der Waals surface area contributed by atoms with Crippen LogP contribution in [0, 0.1) is 0 Å². The van der Waals surface area contributed by atoms with E-state index in [1.165, 1.54) is 0 Å². The molecule has 1 N–H and O–H groups in total. The third kappa shape index (κ3) is 4.65. The van der Waals surface area contributed by atoms with Crippen LogP contribution in [0.4, 0.5) is 10.5 Å². The quantitative estimate of drug-likeness (QED) is 0.798. The molecule has 0 aliphatic carbocycles. The number of nitrogens with one attached hydrogen (secondary N) is 1. The molecular formula is C13H10Br2N2O2. The lowest BCUT2D eigenvalue weighted by Crippen LogP contribution is -2.13. The topological polar surface area (TPSA) is 51.2 Å². The molecule has 0 saturated carbocycles. The Kier molecular flexibility index (Phi) is 4.93. The summed E-state index contributed by atoms with van der Waals surface area (Å²) in [7, 11) is 0. The van der Waals surface area contributed by atoms with Crippen LogP contribution in [0.5, 0.6) is 0 Å². The number of benzene rings is 1. The van der Waals surface area contributed by atoms with Gasteiger partial charge in [-0.25, -0.2) is 9.78 Å². The van der Waals surface area contributed by atoms with Crippen molar-refractivity contribution in [3.05, 3.63) is 57.2 Å². The zero-order valence-electron chi connectivity index (χ0n) is 9.77. The summed E-state index contributed by atoms with van der Waals surface area (Å²) in [5, 5.41) is 2.63. The molecule has 0 bridgehead atoms. The fraction of sp³-hybridized carbons (Fsp3) is 0.0769. The van der Waals surface area contributed by atoms with Crippen molar-refractivity contribution in [2.75, 3.05) is 5.32 Å². The molecule has 4 nitrogen and oxygen atoms in total. The standard InChI is InChI=1S/C13H10Br2N2O2/c14-9-4-6-10(7-5-9)17-13(18)19-8-11-2-1-3-12(15)16-11/h1-7H,8H2,(H,17,18). The van der Waals surface area contributed by atoms with E-state index in [2.05, 4.69) is 42.2 Å². The highest BCUT2D eigenvalue weighted by molar-refractivity contribution is 9.10. The number of pyridine rings is 1. The molecule has 1 amide bonds. The number of nitrogens with zero attached hydrogens (tertiary/aromatic N) is 1. The van der Waals surface area contributed by atoms with Crippen molar-refractivity contribution in [2.45, 2.75) is 6.61 Å². The second kappa shape index (κ2) is 6.68. The van der Waals surface area contributed by atoms with E-state index in [-0.39, 0.29) is 6.61 Å². The van der Waals surface area contributed by atoms with Crippen LogP contribution in [-0.4, -0.2) is 11.1 Å². The summed E-state index contributed by atoms with van der Waals surface area (Å²) in [5.41, 5.74) is 1.36. The van der Waals surface area contributed by atoms with Crippen LogP contribution in [0.15, 0.2) is 51.5 Å². The van der Waals surface area contributed by atoms with Gasteiger partial charge in [-0.2, -0.15) is 0 Å². The molecule has 2 rings (SSSR count). The van der Waals surface area contributed by atoms with Gasteiger partial charge in [0.25, 0.3) is 0 Å². The average Bonchev–Trinajstić information content (AvgIpc) is 2.39. The normalized spacial score (nSPS) is 10.0. The summed E-state index contributed by atoms with van der Waals surface area (Å²) in [4.78, 5) is 15.7. The Morgan fingerprint density at radius 1 is 1.16 bits per heavy atom. The number of halogens is 2. The third-order valence-electron chi connectivity index (χ3n) is 2.21. The van der Waals surface area contributed by atoms with Crippen molar-refractivity contribution < 1.29 is 9.53 Å². The Morgan fingerprint density at radius 2 is 1.89 bits per heavy atom. The monoisotopic (exact) mass is 384 g/mol. The number of hydrogen-bond acceptors (Lipinski definition) is 3. The number of aromatic nitrogens is 1. The van der Waals surface area contributed by atoms with Gasteiger partial charge in [-0.05, 0) is 52.3 Å². The molecule has 6 heteroatoms. The van der Waals surface area contributed by atoms with Crippen molar-refractivity contribution >= 4 is 43.6 Å². The minimum atomic E-state index is -0.510. The van der Waals surface area contributed by atoms with Crippen molar-refractivity contribution in [3.63, 3.8) is 0 Å². The highest BCUT2D eigenvalue weighted by atomic mass is 79.9. The maximum Gasteiger partial charge on any atom is 0.412 e. The van der Waals surface area contributed by atoms with Crippen LogP contribution in [0.2, 0.25) is 0 Å². The fourth-order valence-electron chi connectivity index (χ4n) is 1.36. The first-order valence-electron chi connectivity index (χ1n) is 5.44. The van der Waals surface area contributed by atoms with E-state index in [4.69, 9.17) is 4.74 Å². The highest BCUT2D eigenvalue weighted by Gasteiger charge is 2.04. The SMILES string of the molecule is O=C(Nc1ccc(Br)cc1)OCc1cccc(Br)n1. The van der Waals surface area contributed by atoms with Crippen LogP contribution >= 0.6 is 31.9 Å². The Morgan fingerprint density at radius 3 is 2.58 bits per heavy atom. The van der Waals surface area contributed by atoms with Crippen LogP contribution in [-0.2, 0) is 11.3 Å². The molecule has 1 aromatic heterocycles. The molecule has 19 heavy (non-hydrogen) atoms. The lowest BCUT2D eigenvalue weighted by atomic mass is 10.3. The van der Waals surface area contributed by atoms with E-state index in [0.29, 0.717) is 16.0 Å². The highest BCUT2D eigenvalue weighted by Crippen LogP contribution is 2.14. The van der Waals surface area contributed by atoms with E-state index >= 15 is 0 Å². The molecule has 0 aliphatic heterocycles. The maximum absolute atomic E-state index is 11.6. The Labute approximate surface area is 127 Å². The van der Waals surface area contributed by atoms with Gasteiger partial charge < -0.3 is 4.74 Å². The number of anilines is 1. The zero-order chi connectivity index (χ0) is 13.7. The largest absolute Gasteiger partial charge is 0.443 e. The van der Waals surface area contributed by atoms with Crippen molar-refractivity contribution in [1.29, 1.82) is 0 Å². The smallest absolute Gasteiger partial charge is 0.412 e. The fourth-order valence-corrected chi connectivity index (χ4v) is 2.00. The van der Waals surface area contributed by atoms with Crippen LogP contribution in [0.3, 0.4) is 0 Å². The van der Waals surface area contributed by atoms with Gasteiger partial charge in [-0.3, -0.25) is 5.32 Å². The van der Waals surface area contributed by atoms with Gasteiger partial charge in [0, 0.05) is 10.2 Å². The summed E-state index contributed by atoms with van der Waals surface area (Å²) in [6.07, 6.45) is -0.510.